The van der Waals surface area contributed by atoms with Gasteiger partial charge in [-0.3, -0.25) is 0 Å². The normalized spacial score (nSPS) is 0. The van der Waals surface area contributed by atoms with Gasteiger partial charge in [-0.25, -0.2) is 0 Å². The monoisotopic (exact) mass is 694 g/mol. The van der Waals surface area contributed by atoms with Crippen LogP contribution in [0, 0.1) is 0 Å². The molecule has 47 valence electrons. The van der Waals surface area contributed by atoms with Crippen LogP contribution in [0.15, 0.2) is 0 Å². The Morgan fingerprint density at radius 2 is 0.875 bits per heavy atom. The molecule has 0 fully saturated rings. The largest absolute Gasteiger partial charge is 0.316 e. The quantitative estimate of drug-likeness (QED) is 0.257. The molecule has 0 amide bonds. The summed E-state index contributed by atoms with van der Waals surface area (Å²) in [5.74, 6) is 0. The first-order valence-corrected chi connectivity index (χ1v) is 0. The van der Waals surface area contributed by atoms with Crippen LogP contribution >= 0.6 is 0 Å². The Kier molecular flexibility index (Phi) is 630. The summed E-state index contributed by atoms with van der Waals surface area (Å²) in [6, 6.07) is 0. The van der Waals surface area contributed by atoms with Crippen LogP contribution in [-0.2, 0) is 76.3 Å². The molecule has 0 nitrogen and oxygen atoms in total. The van der Waals surface area contributed by atoms with Gasteiger partial charge in [-0.15, -0.1) is 0 Å². The van der Waals surface area contributed by atoms with Crippen molar-refractivity contribution in [1.29, 1.82) is 0 Å². The summed E-state index contributed by atoms with van der Waals surface area (Å²) in [5, 5.41) is 0. The molecule has 0 heterocycles. The number of rotatable bonds is 0. The fourth-order valence-corrected chi connectivity index (χ4v) is 0. The average Bonchev–Trinajstić information content (AvgIpc) is 0. The maximum Gasteiger partial charge on any atom is 0.316 e. The maximum absolute atomic E-state index is 0. The van der Waals surface area contributed by atoms with E-state index in [1.54, 1.807) is 0 Å². The van der Waals surface area contributed by atoms with E-state index in [1.807, 2.05) is 0 Å². The fraction of sp³-hybridized carbons (Fsp3) is 0. The molecule has 0 aromatic heterocycles. The van der Waals surface area contributed by atoms with E-state index in [4.69, 9.17) is 0 Å². The molecular formula is H2FeMgMnMoPbPtSi2. The molecule has 8 heavy (non-hydrogen) atoms. The Labute approximate surface area is 145 Å². The molecule has 0 spiro atoms. The molecule has 0 rings (SSSR count). The van der Waals surface area contributed by atoms with Crippen molar-refractivity contribution in [1.82, 2.24) is 0 Å². The third-order valence-electron chi connectivity index (χ3n) is 0. The predicted molar refractivity (Wildman–Crippen MR) is 25.8 cm³/mol. The standard InChI is InChI=1S/Fe.Mg.Mn.Mo.Pb.Pt.2Si.2H. The summed E-state index contributed by atoms with van der Waals surface area (Å²) >= 11 is 0. The molecule has 8 heteroatoms. The molecule has 0 aliphatic rings. The van der Waals surface area contributed by atoms with Crippen molar-refractivity contribution in [3.05, 3.63) is 0 Å². The van der Waals surface area contributed by atoms with E-state index in [0.29, 0.717) is 0 Å². The summed E-state index contributed by atoms with van der Waals surface area (Å²) in [4.78, 5) is 0. The average molecular weight is 691 g/mol. The minimum atomic E-state index is 0. The fourth-order valence-electron chi connectivity index (χ4n) is 0. The van der Waals surface area contributed by atoms with Gasteiger partial charge in [0, 0.05) is 125 Å². The van der Waals surface area contributed by atoms with Crippen LogP contribution in [0.1, 0.15) is 0 Å². The molecule has 13 radical (unpaired) electrons. The minimum absolute atomic E-state index is 0. The molecule has 0 saturated heterocycles. The molecule has 0 aromatic rings. The molecule has 0 N–H and O–H groups in total. The Balaban J connectivity index is 0. The van der Waals surface area contributed by atoms with E-state index in [1.165, 1.54) is 0 Å². The van der Waals surface area contributed by atoms with Gasteiger partial charge in [-0.05, 0) is 0 Å². The van der Waals surface area contributed by atoms with Crippen molar-refractivity contribution in [2.45, 2.75) is 0 Å². The van der Waals surface area contributed by atoms with E-state index in [2.05, 4.69) is 0 Å². The number of hydrogen-bond donors (Lipinski definition) is 0. The van der Waals surface area contributed by atoms with Crippen molar-refractivity contribution in [2.75, 3.05) is 0 Å². The van der Waals surface area contributed by atoms with E-state index in [0.717, 1.165) is 0 Å². The van der Waals surface area contributed by atoms with Crippen LogP contribution in [0.4, 0.5) is 0 Å². The molecule has 0 unspecified atom stereocenters. The third kappa shape index (κ3) is 46.6. The van der Waals surface area contributed by atoms with Crippen molar-refractivity contribution in [2.24, 2.45) is 0 Å². The smallest absolute Gasteiger partial charge is 0 e. The van der Waals surface area contributed by atoms with Crippen molar-refractivity contribution < 1.29 is 76.3 Å². The zero-order valence-electron chi connectivity index (χ0n) is 2.96. The number of hydrogen-bond acceptors (Lipinski definition) is 0. The Hall–Kier alpha value is 4.54. The second-order valence-corrected chi connectivity index (χ2v) is 0. The molecule has 0 atom stereocenters. The first-order valence-electron chi connectivity index (χ1n) is 0. The second kappa shape index (κ2) is 62.2. The third-order valence-corrected chi connectivity index (χ3v) is 0. The summed E-state index contributed by atoms with van der Waals surface area (Å²) in [5.41, 5.74) is 0. The SMILES string of the molecule is [Fe].[MgH2].[Mn].[Mo].[Pb].[Pt].[Si].[Si]. The van der Waals surface area contributed by atoms with Crippen molar-refractivity contribution in [3.8, 4) is 0 Å². The van der Waals surface area contributed by atoms with Crippen LogP contribution in [-0.4, -0.2) is 72.3 Å². The molecule has 0 saturated carbocycles. The van der Waals surface area contributed by atoms with Gasteiger partial charge < -0.3 is 0 Å². The summed E-state index contributed by atoms with van der Waals surface area (Å²) in [6.07, 6.45) is 0. The first kappa shape index (κ1) is 81.1. The first-order chi connectivity index (χ1) is 0. The van der Waals surface area contributed by atoms with Crippen LogP contribution in [0.5, 0.6) is 0 Å². The molecule has 0 bridgehead atoms. The molecule has 0 aromatic carbocycles. The Bertz CT molecular complexity index is 22.0. The van der Waals surface area contributed by atoms with Gasteiger partial charge in [-0.1, -0.05) is 0 Å². The second-order valence-electron chi connectivity index (χ2n) is 0. The Morgan fingerprint density at radius 1 is 0.875 bits per heavy atom. The van der Waals surface area contributed by atoms with Gasteiger partial charge in [-0.2, -0.15) is 0 Å². The van der Waals surface area contributed by atoms with E-state index in [9.17, 15) is 0 Å². The summed E-state index contributed by atoms with van der Waals surface area (Å²) < 4.78 is 0. The van der Waals surface area contributed by atoms with Gasteiger partial charge in [0.25, 0.3) is 0 Å². The predicted octanol–water partition coefficient (Wildman–Crippen LogP) is -2.07. The Morgan fingerprint density at radius 3 is 0.875 bits per heavy atom. The summed E-state index contributed by atoms with van der Waals surface area (Å²) in [6.45, 7) is 0. The van der Waals surface area contributed by atoms with Crippen LogP contribution in [0.25, 0.3) is 0 Å². The van der Waals surface area contributed by atoms with E-state index < -0.39 is 0 Å². The molecule has 0 aliphatic heterocycles. The van der Waals surface area contributed by atoms with Crippen molar-refractivity contribution in [3.63, 3.8) is 0 Å². The van der Waals surface area contributed by atoms with Gasteiger partial charge >= 0.3 is 23.1 Å². The van der Waals surface area contributed by atoms with Gasteiger partial charge in [0.1, 0.15) is 0 Å². The molecular weight excluding hydrogens is 689 g/mol. The maximum atomic E-state index is 0. The van der Waals surface area contributed by atoms with Crippen LogP contribution in [0.2, 0.25) is 0 Å². The molecule has 0 aliphatic carbocycles. The van der Waals surface area contributed by atoms with Gasteiger partial charge in [0.15, 0.2) is 0 Å². The van der Waals surface area contributed by atoms with Gasteiger partial charge in [0.05, 0.1) is 0 Å². The topological polar surface area (TPSA) is 0 Å². The van der Waals surface area contributed by atoms with Crippen LogP contribution in [0.3, 0.4) is 0 Å². The van der Waals surface area contributed by atoms with Crippen LogP contribution < -0.4 is 0 Å². The summed E-state index contributed by atoms with van der Waals surface area (Å²) in [7, 11) is 0. The van der Waals surface area contributed by atoms with E-state index in [-0.39, 0.29) is 149 Å². The minimum Gasteiger partial charge on any atom is 0 e. The zero-order chi connectivity index (χ0) is 0. The van der Waals surface area contributed by atoms with Crippen molar-refractivity contribution >= 4 is 72.3 Å². The zero-order valence-corrected chi connectivity index (χ0v) is 15.4. The van der Waals surface area contributed by atoms with E-state index >= 15 is 0 Å². The van der Waals surface area contributed by atoms with Gasteiger partial charge in [0.2, 0.25) is 0 Å².